The molecule has 1 atom stereocenters. The second-order valence-electron chi connectivity index (χ2n) is 7.87. The van der Waals surface area contributed by atoms with Gasteiger partial charge < -0.3 is 22.1 Å². The predicted octanol–water partition coefficient (Wildman–Crippen LogP) is 6.27. The monoisotopic (exact) mass is 452 g/mol. The van der Waals surface area contributed by atoms with E-state index < -0.39 is 12.0 Å². The molecule has 0 aliphatic rings. The van der Waals surface area contributed by atoms with Crippen molar-refractivity contribution in [2.24, 2.45) is 0 Å². The van der Waals surface area contributed by atoms with E-state index >= 15 is 0 Å². The molecule has 0 aromatic heterocycles. The third kappa shape index (κ3) is 4.36. The minimum absolute atomic E-state index is 0.272. The Hall–Kier alpha value is -1.96. The molecule has 0 fully saturated rings. The normalized spacial score (nSPS) is 13.0. The summed E-state index contributed by atoms with van der Waals surface area (Å²) in [5.74, 6) is 1.69. The van der Waals surface area contributed by atoms with Gasteiger partial charge in [-0.1, -0.05) is 58.3 Å². The van der Waals surface area contributed by atoms with E-state index in [9.17, 15) is 0 Å². The molecule has 0 bridgehead atoms. The smallest absolute Gasteiger partial charge is 0.118 e. The van der Waals surface area contributed by atoms with Gasteiger partial charge in [-0.2, -0.15) is 0 Å². The van der Waals surface area contributed by atoms with Crippen LogP contribution in [0.15, 0.2) is 78.9 Å². The van der Waals surface area contributed by atoms with Crippen LogP contribution in [-0.2, 0) is 17.4 Å². The lowest BCUT2D eigenvalue weighted by atomic mass is 9.87. The Labute approximate surface area is 193 Å². The number of hydrogen-bond donors (Lipinski definition) is 0. The Morgan fingerprint density at radius 2 is 1.16 bits per heavy atom. The van der Waals surface area contributed by atoms with Gasteiger partial charge in [-0.25, -0.2) is 0 Å². The number of benzene rings is 3. The summed E-state index contributed by atoms with van der Waals surface area (Å²) in [6, 6.07) is 27.7. The number of methoxy groups -OCH3 is 2. The van der Waals surface area contributed by atoms with Crippen LogP contribution in [0.1, 0.15) is 31.9 Å². The van der Waals surface area contributed by atoms with Crippen LogP contribution in [0.5, 0.6) is 11.5 Å². The molecule has 0 saturated carbocycles. The fourth-order valence-electron chi connectivity index (χ4n) is 4.76. The zero-order valence-electron chi connectivity index (χ0n) is 19.2. The minimum atomic E-state index is -1.56. The molecule has 0 N–H and O–H groups in total. The van der Waals surface area contributed by atoms with Crippen molar-refractivity contribution in [2.75, 3.05) is 26.5 Å². The fourth-order valence-corrected chi connectivity index (χ4v) is 10.1. The maximum absolute atomic E-state index is 6.64. The van der Waals surface area contributed by atoms with Crippen LogP contribution in [0, 0.1) is 0 Å². The lowest BCUT2D eigenvalue weighted by Crippen LogP contribution is -2.42. The van der Waals surface area contributed by atoms with Gasteiger partial charge in [0.25, 0.3) is 0 Å². The first-order chi connectivity index (χ1) is 15.0. The second-order valence-corrected chi connectivity index (χ2v) is 13.1. The molecule has 0 amide bonds. The van der Waals surface area contributed by atoms with E-state index in [1.54, 1.807) is 14.2 Å². The number of rotatable bonds is 9. The first-order valence-electron chi connectivity index (χ1n) is 10.9. The summed E-state index contributed by atoms with van der Waals surface area (Å²) in [5.41, 5.74) is 2.56. The maximum atomic E-state index is 6.64. The molecule has 0 saturated heterocycles. The summed E-state index contributed by atoms with van der Waals surface area (Å²) in [5, 5.41) is 1.46. The van der Waals surface area contributed by atoms with Crippen LogP contribution in [0.25, 0.3) is 0 Å². The first kappa shape index (κ1) is 23.7. The van der Waals surface area contributed by atoms with Gasteiger partial charge in [0.1, 0.15) is 11.5 Å². The molecule has 4 heteroatoms. The Bertz CT molecular complexity index is 903. The standard InChI is InChI=1S/C27H33O2PS/c1-6-30(7-2,26-11-9-8-10-12-26)21(3)27(31,22-13-17-24(28-4)18-14-22)23-15-19-25(29-5)20-16-23/h8-21H,6-7H2,1-5H3. The average molecular weight is 453 g/mol. The van der Waals surface area contributed by atoms with Crippen molar-refractivity contribution in [3.8, 4) is 11.5 Å². The lowest BCUT2D eigenvalue weighted by molar-refractivity contribution is 0.414. The highest BCUT2D eigenvalue weighted by Crippen LogP contribution is 2.66. The number of hydrogen-bond acceptors (Lipinski definition) is 3. The van der Waals surface area contributed by atoms with E-state index in [-0.39, 0.29) is 5.66 Å². The molecule has 0 radical (unpaired) electrons. The van der Waals surface area contributed by atoms with Gasteiger partial charge in [-0.15, -0.1) is 0 Å². The van der Waals surface area contributed by atoms with E-state index in [4.69, 9.17) is 22.1 Å². The van der Waals surface area contributed by atoms with Crippen molar-refractivity contribution >= 4 is 25.2 Å². The first-order valence-corrected chi connectivity index (χ1v) is 13.5. The lowest BCUT2D eigenvalue weighted by Gasteiger charge is -2.51. The van der Waals surface area contributed by atoms with Crippen LogP contribution in [0.4, 0.5) is 0 Å². The largest absolute Gasteiger partial charge is 0.773 e. The van der Waals surface area contributed by atoms with Gasteiger partial charge in [0.2, 0.25) is 0 Å². The molecule has 3 rings (SSSR count). The molecule has 164 valence electrons. The van der Waals surface area contributed by atoms with Crippen molar-refractivity contribution in [3.63, 3.8) is 0 Å². The summed E-state index contributed by atoms with van der Waals surface area (Å²) in [7, 11) is 1.84. The highest BCUT2D eigenvalue weighted by Gasteiger charge is 2.48. The van der Waals surface area contributed by atoms with Crippen molar-refractivity contribution in [3.05, 3.63) is 90.0 Å². The van der Waals surface area contributed by atoms with Gasteiger partial charge in [0.05, 0.1) is 37.5 Å². The average Bonchev–Trinajstić information content (AvgIpc) is 2.85. The van der Waals surface area contributed by atoms with Crippen LogP contribution in [-0.4, -0.2) is 32.2 Å². The summed E-state index contributed by atoms with van der Waals surface area (Å²) < 4.78 is 10.3. The molecule has 0 aliphatic heterocycles. The van der Waals surface area contributed by atoms with Crippen molar-refractivity contribution < 1.29 is 9.47 Å². The Kier molecular flexibility index (Phi) is 7.73. The fraction of sp³-hybridized carbons (Fsp3) is 0.333. The summed E-state index contributed by atoms with van der Waals surface area (Å²) in [6.07, 6.45) is 2.25. The zero-order chi connectivity index (χ0) is 22.5. The van der Waals surface area contributed by atoms with Crippen LogP contribution < -0.4 is 14.8 Å². The topological polar surface area (TPSA) is 18.5 Å². The van der Waals surface area contributed by atoms with E-state index in [0.717, 1.165) is 34.9 Å². The summed E-state index contributed by atoms with van der Waals surface area (Å²) in [6.45, 7) is 7.03. The Morgan fingerprint density at radius 3 is 1.52 bits per heavy atom. The highest BCUT2D eigenvalue weighted by molar-refractivity contribution is 7.84. The molecule has 3 aromatic carbocycles. The Balaban J connectivity index is 2.22. The minimum Gasteiger partial charge on any atom is -0.773 e. The van der Waals surface area contributed by atoms with Gasteiger partial charge in [-0.3, -0.25) is 0 Å². The summed E-state index contributed by atoms with van der Waals surface area (Å²) >= 11 is 6.64. The molecule has 0 aliphatic carbocycles. The van der Waals surface area contributed by atoms with Crippen molar-refractivity contribution in [2.45, 2.75) is 31.2 Å². The highest BCUT2D eigenvalue weighted by atomic mass is 32.1. The zero-order valence-corrected chi connectivity index (χ0v) is 20.9. The van der Waals surface area contributed by atoms with E-state index in [0.29, 0.717) is 0 Å². The summed E-state index contributed by atoms with van der Waals surface area (Å²) in [4.78, 5) is 0. The molecule has 31 heavy (non-hydrogen) atoms. The molecular formula is C27H33O2PS. The van der Waals surface area contributed by atoms with Gasteiger partial charge in [0.15, 0.2) is 0 Å². The van der Waals surface area contributed by atoms with Crippen molar-refractivity contribution in [1.82, 2.24) is 0 Å². The van der Waals surface area contributed by atoms with Crippen LogP contribution >= 0.6 is 7.26 Å². The molecular weight excluding hydrogens is 419 g/mol. The molecule has 0 heterocycles. The van der Waals surface area contributed by atoms with E-state index in [1.807, 2.05) is 24.3 Å². The van der Waals surface area contributed by atoms with Crippen molar-refractivity contribution in [1.29, 1.82) is 0 Å². The van der Waals surface area contributed by atoms with Gasteiger partial charge in [-0.05, 0) is 57.2 Å². The van der Waals surface area contributed by atoms with Gasteiger partial charge in [0, 0.05) is 7.26 Å². The molecule has 2 nitrogen and oxygen atoms in total. The van der Waals surface area contributed by atoms with Crippen LogP contribution in [0.3, 0.4) is 0 Å². The quantitative estimate of drug-likeness (QED) is 0.282. The van der Waals surface area contributed by atoms with E-state index in [2.05, 4.69) is 75.4 Å². The Morgan fingerprint density at radius 1 is 0.742 bits per heavy atom. The molecule has 1 unspecified atom stereocenters. The van der Waals surface area contributed by atoms with E-state index in [1.165, 1.54) is 5.30 Å². The number of ether oxygens (including phenoxy) is 2. The third-order valence-electron chi connectivity index (χ3n) is 6.77. The molecule has 0 spiro atoms. The second kappa shape index (κ2) is 10.1. The predicted molar refractivity (Wildman–Crippen MR) is 138 cm³/mol. The third-order valence-corrected chi connectivity index (χ3v) is 13.2. The molecule has 3 aromatic rings. The van der Waals surface area contributed by atoms with Crippen LogP contribution in [0.2, 0.25) is 0 Å². The SMILES string of the molecule is CC[P+](CC)(c1ccccc1)C(C)C([S-])(c1ccc(OC)cc1)c1ccc(OC)cc1. The van der Waals surface area contributed by atoms with Gasteiger partial charge >= 0.3 is 0 Å². The maximum Gasteiger partial charge on any atom is 0.118 e.